The molecule has 96 valence electrons. The average Bonchev–Trinajstić information content (AvgIpc) is 2.68. The Bertz CT molecular complexity index is 542. The molecule has 0 aliphatic carbocycles. The van der Waals surface area contributed by atoms with Gasteiger partial charge in [-0.2, -0.15) is 0 Å². The molecule has 0 bridgehead atoms. The van der Waals surface area contributed by atoms with Gasteiger partial charge in [0.15, 0.2) is 0 Å². The van der Waals surface area contributed by atoms with E-state index in [9.17, 15) is 5.11 Å². The van der Waals surface area contributed by atoms with Gasteiger partial charge in [0, 0.05) is 27.8 Å². The fourth-order valence-corrected chi connectivity index (χ4v) is 3.75. The van der Waals surface area contributed by atoms with Crippen LogP contribution in [0.3, 0.4) is 0 Å². The van der Waals surface area contributed by atoms with Gasteiger partial charge in [-0.1, -0.05) is 29.3 Å². The fourth-order valence-electron chi connectivity index (χ4n) is 1.71. The van der Waals surface area contributed by atoms with Crippen molar-refractivity contribution in [2.75, 3.05) is 0 Å². The third kappa shape index (κ3) is 3.97. The number of hydrogen-bond donors (Lipinski definition) is 1. The predicted molar refractivity (Wildman–Crippen MR) is 81.9 cm³/mol. The zero-order chi connectivity index (χ0) is 13.1. The van der Waals surface area contributed by atoms with Gasteiger partial charge >= 0.3 is 0 Å². The lowest BCUT2D eigenvalue weighted by Crippen LogP contribution is -2.13. The van der Waals surface area contributed by atoms with E-state index >= 15 is 0 Å². The summed E-state index contributed by atoms with van der Waals surface area (Å²) in [6.07, 6.45) is 0.732. The highest BCUT2D eigenvalue weighted by Gasteiger charge is 2.11. The van der Waals surface area contributed by atoms with Crippen LogP contribution in [0.25, 0.3) is 0 Å². The summed E-state index contributed by atoms with van der Waals surface area (Å²) in [5, 5.41) is 11.3. The van der Waals surface area contributed by atoms with Crippen LogP contribution in [0.2, 0.25) is 10.0 Å². The molecule has 1 aromatic heterocycles. The number of benzene rings is 1. The van der Waals surface area contributed by atoms with Crippen molar-refractivity contribution in [1.29, 1.82) is 0 Å². The molecule has 0 aliphatic rings. The van der Waals surface area contributed by atoms with Gasteiger partial charge in [0.1, 0.15) is 0 Å². The van der Waals surface area contributed by atoms with Crippen molar-refractivity contribution in [3.8, 4) is 0 Å². The number of thiophene rings is 1. The lowest BCUT2D eigenvalue weighted by atomic mass is 10.1. The van der Waals surface area contributed by atoms with E-state index in [-0.39, 0.29) is 0 Å². The van der Waals surface area contributed by atoms with E-state index in [1.165, 1.54) is 0 Å². The van der Waals surface area contributed by atoms with Crippen LogP contribution in [0.5, 0.6) is 0 Å². The van der Waals surface area contributed by atoms with Crippen LogP contribution >= 0.6 is 50.5 Å². The minimum atomic E-state index is -0.436. The zero-order valence-electron chi connectivity index (χ0n) is 9.37. The Balaban J connectivity index is 2.00. The maximum absolute atomic E-state index is 10.1. The van der Waals surface area contributed by atoms with E-state index in [0.717, 1.165) is 14.2 Å². The Labute approximate surface area is 128 Å². The van der Waals surface area contributed by atoms with Gasteiger partial charge in [0.2, 0.25) is 0 Å². The van der Waals surface area contributed by atoms with Gasteiger partial charge in [-0.3, -0.25) is 0 Å². The average molecular weight is 366 g/mol. The van der Waals surface area contributed by atoms with Gasteiger partial charge in [-0.05, 0) is 45.8 Å². The summed E-state index contributed by atoms with van der Waals surface area (Å²) in [6.45, 7) is 0. The molecule has 0 radical (unpaired) electrons. The number of rotatable bonds is 4. The molecule has 0 spiro atoms. The molecule has 1 N–H and O–H groups in total. The molecule has 1 heterocycles. The fraction of sp³-hybridized carbons (Fsp3) is 0.231. The van der Waals surface area contributed by atoms with Crippen molar-refractivity contribution in [2.24, 2.45) is 0 Å². The number of halogens is 3. The first-order valence-corrected chi connectivity index (χ1v) is 7.77. The van der Waals surface area contributed by atoms with Gasteiger partial charge in [-0.15, -0.1) is 11.3 Å². The Morgan fingerprint density at radius 1 is 1.17 bits per heavy atom. The topological polar surface area (TPSA) is 20.2 Å². The van der Waals surface area contributed by atoms with E-state index in [1.807, 2.05) is 18.2 Å². The maximum atomic E-state index is 10.1. The molecule has 2 aromatic rings. The third-order valence-electron chi connectivity index (χ3n) is 2.54. The normalized spacial score (nSPS) is 12.7. The largest absolute Gasteiger partial charge is 0.392 e. The highest BCUT2D eigenvalue weighted by molar-refractivity contribution is 9.11. The van der Waals surface area contributed by atoms with Crippen LogP contribution < -0.4 is 0 Å². The molecular weight excluding hydrogens is 355 g/mol. The first-order chi connectivity index (χ1) is 8.54. The second-order valence-electron chi connectivity index (χ2n) is 4.00. The van der Waals surface area contributed by atoms with E-state index in [1.54, 1.807) is 23.5 Å². The molecular formula is C13H11BrCl2OS. The first-order valence-electron chi connectivity index (χ1n) is 5.41. The van der Waals surface area contributed by atoms with Crippen molar-refractivity contribution in [3.63, 3.8) is 0 Å². The zero-order valence-corrected chi connectivity index (χ0v) is 13.3. The number of hydrogen-bond acceptors (Lipinski definition) is 2. The molecule has 0 saturated carbocycles. The predicted octanol–water partition coefficient (Wildman–Crippen LogP) is 4.96. The standard InChI is InChI=1S/C13H11BrCl2OS/c14-13-4-3-11(18-13)7-10(17)5-8-1-2-9(15)6-12(8)16/h1-4,6,10,17H,5,7H2. The Hall–Kier alpha value is -0.0600. The van der Waals surface area contributed by atoms with Crippen LogP contribution in [-0.2, 0) is 12.8 Å². The van der Waals surface area contributed by atoms with E-state index < -0.39 is 6.10 Å². The summed E-state index contributed by atoms with van der Waals surface area (Å²) >= 11 is 17.0. The molecule has 0 amide bonds. The molecule has 18 heavy (non-hydrogen) atoms. The van der Waals surface area contributed by atoms with Crippen LogP contribution in [0.1, 0.15) is 10.4 Å². The molecule has 1 nitrogen and oxygen atoms in total. The third-order valence-corrected chi connectivity index (χ3v) is 4.77. The summed E-state index contributed by atoms with van der Waals surface area (Å²) in [6, 6.07) is 9.35. The van der Waals surface area contributed by atoms with Gasteiger partial charge in [0.05, 0.1) is 9.89 Å². The minimum Gasteiger partial charge on any atom is -0.392 e. The molecule has 5 heteroatoms. The minimum absolute atomic E-state index is 0.436. The van der Waals surface area contributed by atoms with Crippen molar-refractivity contribution < 1.29 is 5.11 Å². The lowest BCUT2D eigenvalue weighted by molar-refractivity contribution is 0.176. The van der Waals surface area contributed by atoms with Crippen LogP contribution in [0.15, 0.2) is 34.1 Å². The molecule has 1 aromatic carbocycles. The van der Waals surface area contributed by atoms with Crippen LogP contribution in [0, 0.1) is 0 Å². The highest BCUT2D eigenvalue weighted by atomic mass is 79.9. The van der Waals surface area contributed by atoms with E-state index in [0.29, 0.717) is 22.9 Å². The van der Waals surface area contributed by atoms with E-state index in [2.05, 4.69) is 15.9 Å². The van der Waals surface area contributed by atoms with Crippen molar-refractivity contribution in [2.45, 2.75) is 18.9 Å². The molecule has 0 aliphatic heterocycles. The van der Waals surface area contributed by atoms with Crippen molar-refractivity contribution in [3.05, 3.63) is 54.6 Å². The molecule has 0 saturated heterocycles. The number of aliphatic hydroxyl groups is 1. The Morgan fingerprint density at radius 3 is 2.56 bits per heavy atom. The van der Waals surface area contributed by atoms with Crippen LogP contribution in [-0.4, -0.2) is 11.2 Å². The second-order valence-corrected chi connectivity index (χ2v) is 7.39. The summed E-state index contributed by atoms with van der Waals surface area (Å²) < 4.78 is 1.08. The first kappa shape index (κ1) is 14.4. The van der Waals surface area contributed by atoms with E-state index in [4.69, 9.17) is 23.2 Å². The van der Waals surface area contributed by atoms with Crippen molar-refractivity contribution in [1.82, 2.24) is 0 Å². The summed E-state index contributed by atoms with van der Waals surface area (Å²) in [5.74, 6) is 0. The second kappa shape index (κ2) is 6.40. The monoisotopic (exact) mass is 364 g/mol. The molecule has 2 rings (SSSR count). The SMILES string of the molecule is OC(Cc1ccc(Br)s1)Cc1ccc(Cl)cc1Cl. The number of aliphatic hydroxyl groups excluding tert-OH is 1. The Kier molecular flexibility index (Phi) is 5.10. The van der Waals surface area contributed by atoms with Crippen molar-refractivity contribution >= 4 is 50.5 Å². The molecule has 1 unspecified atom stereocenters. The van der Waals surface area contributed by atoms with Gasteiger partial charge < -0.3 is 5.11 Å². The summed E-state index contributed by atoms with van der Waals surface area (Å²) in [7, 11) is 0. The van der Waals surface area contributed by atoms with Gasteiger partial charge in [0.25, 0.3) is 0 Å². The summed E-state index contributed by atoms with van der Waals surface area (Å²) in [4.78, 5) is 1.15. The molecule has 1 atom stereocenters. The Morgan fingerprint density at radius 2 is 1.94 bits per heavy atom. The van der Waals surface area contributed by atoms with Gasteiger partial charge in [-0.25, -0.2) is 0 Å². The quantitative estimate of drug-likeness (QED) is 0.811. The lowest BCUT2D eigenvalue weighted by Gasteiger charge is -2.11. The maximum Gasteiger partial charge on any atom is 0.0701 e. The highest BCUT2D eigenvalue weighted by Crippen LogP contribution is 2.25. The molecule has 0 fully saturated rings. The summed E-state index contributed by atoms with van der Waals surface area (Å²) in [5.41, 5.74) is 0.921. The van der Waals surface area contributed by atoms with Crippen LogP contribution in [0.4, 0.5) is 0 Å². The smallest absolute Gasteiger partial charge is 0.0701 e.